The Morgan fingerprint density at radius 2 is 1.77 bits per heavy atom. The lowest BCUT2D eigenvalue weighted by molar-refractivity contribution is 0.0795. The van der Waals surface area contributed by atoms with Crippen molar-refractivity contribution in [2.24, 2.45) is 0 Å². The van der Waals surface area contributed by atoms with Crippen LogP contribution in [0.1, 0.15) is 116 Å². The maximum atomic E-state index is 14.0. The van der Waals surface area contributed by atoms with Crippen LogP contribution in [0.4, 0.5) is 5.69 Å². The number of benzene rings is 3. The van der Waals surface area contributed by atoms with E-state index in [-0.39, 0.29) is 11.4 Å². The van der Waals surface area contributed by atoms with Crippen molar-refractivity contribution in [1.82, 2.24) is 9.48 Å². The van der Waals surface area contributed by atoms with E-state index in [2.05, 4.69) is 80.5 Å². The van der Waals surface area contributed by atoms with Gasteiger partial charge in [0.05, 0.1) is 0 Å². The average Bonchev–Trinajstić information content (AvgIpc) is 2.99. The Bertz CT molecular complexity index is 1760. The summed E-state index contributed by atoms with van der Waals surface area (Å²) in [5.41, 5.74) is 13.5. The lowest BCUT2D eigenvalue weighted by atomic mass is 9.74. The van der Waals surface area contributed by atoms with Crippen LogP contribution in [0.5, 0.6) is 0 Å². The Hall–Kier alpha value is -3.40. The topological polar surface area (TPSA) is 26.6 Å². The number of rotatable bonds is 5. The third kappa shape index (κ3) is 4.47. The van der Waals surface area contributed by atoms with Crippen LogP contribution in [0.3, 0.4) is 0 Å². The predicted molar refractivity (Wildman–Crippen MR) is 178 cm³/mol. The van der Waals surface area contributed by atoms with Gasteiger partial charge in [-0.1, -0.05) is 32.0 Å². The molecule has 3 aromatic carbocycles. The summed E-state index contributed by atoms with van der Waals surface area (Å²) in [5.74, 6) is 0.598. The van der Waals surface area contributed by atoms with E-state index in [4.69, 9.17) is 0 Å². The molecule has 7 rings (SSSR count). The summed E-state index contributed by atoms with van der Waals surface area (Å²) >= 11 is 0. The fourth-order valence-electron chi connectivity index (χ4n) is 9.06. The SMILES string of the molecule is CCCN(C)C(=O)c1ccccc1C1=c2cc3c4c(c2Cc2cc5c(cc21)C(C)CC(C)(C)N5CC)CCC[N+]=4CCC3. The number of fused-ring (bicyclic) bond motifs is 4. The number of amides is 1. The first-order valence-electron chi connectivity index (χ1n) is 16.8. The number of carbonyl (C=O) groups excluding carboxylic acids is 1. The second-order valence-corrected chi connectivity index (χ2v) is 14.1. The fraction of sp³-hybridized carbons (Fsp3) is 0.487. The number of hydrogen-bond donors (Lipinski definition) is 0. The van der Waals surface area contributed by atoms with Gasteiger partial charge in [0.1, 0.15) is 13.1 Å². The van der Waals surface area contributed by atoms with Gasteiger partial charge in [-0.25, -0.2) is 4.58 Å². The van der Waals surface area contributed by atoms with Crippen LogP contribution in [-0.4, -0.2) is 49.6 Å². The minimum absolute atomic E-state index is 0.120. The molecule has 4 aliphatic rings. The molecule has 0 bridgehead atoms. The highest BCUT2D eigenvalue weighted by molar-refractivity contribution is 6.01. The van der Waals surface area contributed by atoms with Gasteiger partial charge in [0.25, 0.3) is 5.91 Å². The smallest absolute Gasteiger partial charge is 0.254 e. The molecule has 1 amide bonds. The number of aryl methyl sites for hydroxylation is 1. The van der Waals surface area contributed by atoms with E-state index < -0.39 is 0 Å². The first-order chi connectivity index (χ1) is 20.7. The van der Waals surface area contributed by atoms with Crippen molar-refractivity contribution < 1.29 is 4.79 Å². The molecule has 0 aromatic heterocycles. The molecule has 0 radical (unpaired) electrons. The molecule has 0 fully saturated rings. The molecule has 4 heteroatoms. The lowest BCUT2D eigenvalue weighted by Gasteiger charge is -2.47. The van der Waals surface area contributed by atoms with E-state index in [0.717, 1.165) is 56.3 Å². The van der Waals surface area contributed by atoms with E-state index in [9.17, 15) is 4.79 Å². The van der Waals surface area contributed by atoms with Crippen molar-refractivity contribution in [3.05, 3.63) is 97.5 Å². The van der Waals surface area contributed by atoms with Crippen molar-refractivity contribution in [3.63, 3.8) is 0 Å². The molecule has 3 aliphatic heterocycles. The molecule has 224 valence electrons. The van der Waals surface area contributed by atoms with Gasteiger partial charge in [-0.2, -0.15) is 0 Å². The fourth-order valence-corrected chi connectivity index (χ4v) is 9.06. The quantitative estimate of drug-likeness (QED) is 0.281. The summed E-state index contributed by atoms with van der Waals surface area (Å²) in [6.45, 7) is 15.8. The highest BCUT2D eigenvalue weighted by atomic mass is 16.2. The summed E-state index contributed by atoms with van der Waals surface area (Å²) in [5, 5.41) is 2.91. The van der Waals surface area contributed by atoms with Crippen molar-refractivity contribution in [2.45, 2.75) is 91.0 Å². The number of anilines is 1. The molecule has 43 heavy (non-hydrogen) atoms. The zero-order valence-corrected chi connectivity index (χ0v) is 27.1. The van der Waals surface area contributed by atoms with Gasteiger partial charge in [0.15, 0.2) is 0 Å². The van der Waals surface area contributed by atoms with Gasteiger partial charge >= 0.3 is 0 Å². The minimum Gasteiger partial charge on any atom is -0.366 e. The third-order valence-electron chi connectivity index (χ3n) is 10.8. The Morgan fingerprint density at radius 3 is 2.53 bits per heavy atom. The van der Waals surface area contributed by atoms with E-state index in [1.165, 1.54) is 75.6 Å². The van der Waals surface area contributed by atoms with Crippen molar-refractivity contribution in [2.75, 3.05) is 38.1 Å². The second-order valence-electron chi connectivity index (χ2n) is 14.1. The molecule has 0 saturated heterocycles. The van der Waals surface area contributed by atoms with E-state index >= 15 is 0 Å². The van der Waals surface area contributed by atoms with Gasteiger partial charge in [0, 0.05) is 60.9 Å². The molecule has 3 aromatic rings. The predicted octanol–water partition coefficient (Wildman–Crippen LogP) is 5.82. The Balaban J connectivity index is 1.57. The van der Waals surface area contributed by atoms with E-state index in [1.54, 1.807) is 5.56 Å². The Morgan fingerprint density at radius 1 is 1.00 bits per heavy atom. The summed E-state index contributed by atoms with van der Waals surface area (Å²) in [7, 11) is 1.95. The molecular formula is C39H48N3O+. The zero-order valence-electron chi connectivity index (χ0n) is 27.1. The monoisotopic (exact) mass is 574 g/mol. The van der Waals surface area contributed by atoms with Crippen LogP contribution in [0.15, 0.2) is 42.5 Å². The molecule has 3 heterocycles. The molecule has 4 nitrogen and oxygen atoms in total. The van der Waals surface area contributed by atoms with Crippen LogP contribution in [0.2, 0.25) is 0 Å². The van der Waals surface area contributed by atoms with E-state index in [0.29, 0.717) is 5.92 Å². The maximum Gasteiger partial charge on any atom is 0.254 e. The normalized spacial score (nSPS) is 19.8. The first-order valence-corrected chi connectivity index (χ1v) is 16.8. The van der Waals surface area contributed by atoms with Crippen LogP contribution in [-0.2, 0) is 19.3 Å². The number of carbonyl (C=O) groups is 1. The van der Waals surface area contributed by atoms with Crippen LogP contribution in [0, 0.1) is 0 Å². The summed E-state index contributed by atoms with van der Waals surface area (Å²) < 4.78 is 2.67. The first kappa shape index (κ1) is 28.4. The zero-order chi connectivity index (χ0) is 30.0. The largest absolute Gasteiger partial charge is 0.366 e. The lowest BCUT2D eigenvalue weighted by Crippen LogP contribution is -2.48. The van der Waals surface area contributed by atoms with Gasteiger partial charge in [-0.05, 0) is 122 Å². The molecule has 0 N–H and O–H groups in total. The second kappa shape index (κ2) is 10.6. The van der Waals surface area contributed by atoms with Crippen LogP contribution in [0.25, 0.3) is 5.57 Å². The summed E-state index contributed by atoms with van der Waals surface area (Å²) in [4.78, 5) is 18.5. The average molecular weight is 575 g/mol. The number of nitrogens with zero attached hydrogens (tertiary/aromatic N) is 3. The molecule has 0 saturated carbocycles. The standard InChI is InChI=1S/C39H48N3O/c1-7-17-40(6)38(43)30-15-10-9-14-28(30)36-32-23-31-25(3)24-39(4,5)42(8-2)35(31)22-27(32)21-33-29-16-12-19-41-18-11-13-26(37(29)41)20-34(33)36/h9-10,14-15,20,22-23,25H,7-8,11-13,16-19,21,24H2,1-6H3/q+1. The minimum atomic E-state index is 0.120. The van der Waals surface area contributed by atoms with Crippen molar-refractivity contribution in [3.8, 4) is 0 Å². The molecular weight excluding hydrogens is 526 g/mol. The highest BCUT2D eigenvalue weighted by Crippen LogP contribution is 2.46. The number of hydrogen-bond acceptors (Lipinski definition) is 2. The third-order valence-corrected chi connectivity index (χ3v) is 10.8. The van der Waals surface area contributed by atoms with Gasteiger partial charge in [-0.3, -0.25) is 4.79 Å². The summed E-state index contributed by atoms with van der Waals surface area (Å²) in [6, 6.07) is 16.0. The summed E-state index contributed by atoms with van der Waals surface area (Å²) in [6.07, 6.45) is 7.81. The molecule has 0 spiro atoms. The molecule has 1 atom stereocenters. The van der Waals surface area contributed by atoms with Gasteiger partial charge in [-0.15, -0.1) is 0 Å². The van der Waals surface area contributed by atoms with Crippen molar-refractivity contribution in [1.29, 1.82) is 0 Å². The van der Waals surface area contributed by atoms with Gasteiger partial charge < -0.3 is 9.80 Å². The van der Waals surface area contributed by atoms with Crippen LogP contribution >= 0.6 is 0 Å². The van der Waals surface area contributed by atoms with E-state index in [1.807, 2.05) is 18.0 Å². The van der Waals surface area contributed by atoms with Crippen LogP contribution < -0.4 is 20.1 Å². The molecule has 1 unspecified atom stereocenters. The Kier molecular flexibility index (Phi) is 7.02. The van der Waals surface area contributed by atoms with Crippen molar-refractivity contribution >= 4 is 17.2 Å². The molecule has 1 aliphatic carbocycles. The Labute approximate surface area is 257 Å². The van der Waals surface area contributed by atoms with Gasteiger partial charge in [0.2, 0.25) is 5.36 Å². The highest BCUT2D eigenvalue weighted by Gasteiger charge is 2.38. The maximum absolute atomic E-state index is 14.0.